The second kappa shape index (κ2) is 45.5. The van der Waals surface area contributed by atoms with Gasteiger partial charge in [0, 0.05) is 12.8 Å². The van der Waals surface area contributed by atoms with Gasteiger partial charge in [-0.1, -0.05) is 194 Å². The zero-order valence-electron chi connectivity index (χ0n) is 39.5. The maximum absolute atomic E-state index is 11.8. The first-order valence-corrected chi connectivity index (χ1v) is 24.0. The summed E-state index contributed by atoms with van der Waals surface area (Å²) in [5, 5.41) is 21.1. The number of esters is 4. The van der Waals surface area contributed by atoms with Crippen molar-refractivity contribution in [2.75, 3.05) is 0 Å². The molecule has 61 heavy (non-hydrogen) atoms. The van der Waals surface area contributed by atoms with E-state index in [9.17, 15) is 39.0 Å². The van der Waals surface area contributed by atoms with Gasteiger partial charge in [0.1, 0.15) is 12.2 Å². The fraction of sp³-hybridized carbons (Fsp3) is 0.875. The van der Waals surface area contributed by atoms with E-state index < -0.39 is 60.2 Å². The van der Waals surface area contributed by atoms with Crippen LogP contribution in [-0.2, 0) is 67.2 Å². The van der Waals surface area contributed by atoms with Crippen molar-refractivity contribution in [2.45, 2.75) is 271 Å². The summed E-state index contributed by atoms with van der Waals surface area (Å²) in [7, 11) is 0. The largest absolute Gasteiger partial charge is 2.00 e. The number of aliphatic carboxylic acids is 2. The zero-order chi connectivity index (χ0) is 45.2. The average Bonchev–Trinajstić information content (AvgIpc) is 3.20. The van der Waals surface area contributed by atoms with Gasteiger partial charge in [-0.15, -0.1) is 0 Å². The SMILES string of the molecule is CCCCCCCCCCCCCCCCCC(=O)OC(C)C(=O)OC(C)C(=O)[O-].CCCCCCCCCCCCCCCCCC(=O)OC(C)C(=O)OC(C)C(=O)[O-].[Zn+2]. The standard InChI is InChI=1S/2C24H44O6.Zn/c2*1-4-5-6-7-8-9-10-11-12-13-14-15-16-17-18-19-22(25)29-21(3)24(28)30-20(2)23(26)27;/h2*20-21H,4-19H2,1-3H3,(H,26,27);/q;;+2/p-2. The summed E-state index contributed by atoms with van der Waals surface area (Å²) >= 11 is 0. The Morgan fingerprint density at radius 3 is 0.721 bits per heavy atom. The van der Waals surface area contributed by atoms with Crippen molar-refractivity contribution in [3.8, 4) is 0 Å². The normalized spacial score (nSPS) is 12.7. The number of carbonyl (C=O) groups is 6. The molecule has 0 spiro atoms. The van der Waals surface area contributed by atoms with Gasteiger partial charge in [0.2, 0.25) is 0 Å². The molecule has 0 aromatic rings. The Kier molecular flexibility index (Phi) is 46.8. The molecule has 0 heterocycles. The summed E-state index contributed by atoms with van der Waals surface area (Å²) in [5.41, 5.74) is 0. The van der Waals surface area contributed by atoms with E-state index in [0.29, 0.717) is 0 Å². The van der Waals surface area contributed by atoms with E-state index in [4.69, 9.17) is 9.47 Å². The molecule has 0 N–H and O–H groups in total. The predicted molar refractivity (Wildman–Crippen MR) is 231 cm³/mol. The number of unbranched alkanes of at least 4 members (excludes halogenated alkanes) is 28. The Labute approximate surface area is 383 Å². The van der Waals surface area contributed by atoms with Crippen molar-refractivity contribution in [1.29, 1.82) is 0 Å². The summed E-state index contributed by atoms with van der Waals surface area (Å²) in [6.45, 7) is 9.63. The van der Waals surface area contributed by atoms with Gasteiger partial charge in [-0.2, -0.15) is 0 Å². The summed E-state index contributed by atoms with van der Waals surface area (Å²) in [5.74, 6) is -5.65. The van der Waals surface area contributed by atoms with Crippen LogP contribution in [0.15, 0.2) is 0 Å². The predicted octanol–water partition coefficient (Wildman–Crippen LogP) is 9.72. The average molecular weight is 921 g/mol. The van der Waals surface area contributed by atoms with Crippen LogP contribution in [0.3, 0.4) is 0 Å². The van der Waals surface area contributed by atoms with Crippen molar-refractivity contribution in [3.63, 3.8) is 0 Å². The molecule has 352 valence electrons. The van der Waals surface area contributed by atoms with E-state index in [-0.39, 0.29) is 32.3 Å². The fourth-order valence-electron chi connectivity index (χ4n) is 6.53. The molecule has 0 saturated heterocycles. The molecule has 0 aliphatic carbocycles. The molecule has 0 amide bonds. The molecule has 0 radical (unpaired) electrons. The van der Waals surface area contributed by atoms with Gasteiger partial charge in [0.15, 0.2) is 12.2 Å². The maximum atomic E-state index is 11.8. The first-order chi connectivity index (χ1) is 28.8. The second-order valence-corrected chi connectivity index (χ2v) is 16.5. The van der Waals surface area contributed by atoms with Crippen molar-refractivity contribution in [1.82, 2.24) is 0 Å². The van der Waals surface area contributed by atoms with E-state index in [1.807, 2.05) is 0 Å². The van der Waals surface area contributed by atoms with E-state index in [1.54, 1.807) is 0 Å². The molecule has 4 atom stereocenters. The number of rotatable bonds is 40. The van der Waals surface area contributed by atoms with Gasteiger partial charge < -0.3 is 38.7 Å². The van der Waals surface area contributed by atoms with Crippen molar-refractivity contribution in [2.24, 2.45) is 0 Å². The molecule has 0 bridgehead atoms. The van der Waals surface area contributed by atoms with Crippen molar-refractivity contribution < 1.29 is 77.4 Å². The van der Waals surface area contributed by atoms with Crippen LogP contribution in [0.25, 0.3) is 0 Å². The molecule has 13 heteroatoms. The van der Waals surface area contributed by atoms with Crippen LogP contribution in [0.2, 0.25) is 0 Å². The van der Waals surface area contributed by atoms with Crippen molar-refractivity contribution >= 4 is 35.8 Å². The van der Waals surface area contributed by atoms with Crippen LogP contribution in [0.1, 0.15) is 247 Å². The minimum absolute atomic E-state index is 0. The molecule has 12 nitrogen and oxygen atoms in total. The summed E-state index contributed by atoms with van der Waals surface area (Å²) in [6, 6.07) is 0. The third-order valence-corrected chi connectivity index (χ3v) is 10.5. The Morgan fingerprint density at radius 2 is 0.525 bits per heavy atom. The van der Waals surface area contributed by atoms with Gasteiger partial charge in [-0.05, 0) is 40.5 Å². The summed E-state index contributed by atoms with van der Waals surface area (Å²) in [6.07, 6.45) is 33.2. The quantitative estimate of drug-likeness (QED) is 0.0246. The molecule has 0 fully saturated rings. The van der Waals surface area contributed by atoms with Gasteiger partial charge in [0.05, 0.1) is 11.9 Å². The Bertz CT molecular complexity index is 1020. The summed E-state index contributed by atoms with van der Waals surface area (Å²) < 4.78 is 19.2. The Hall–Kier alpha value is -2.56. The van der Waals surface area contributed by atoms with Crippen LogP contribution in [0.4, 0.5) is 0 Å². The number of carboxylic acids is 2. The Balaban J connectivity index is -0.00000109. The van der Waals surface area contributed by atoms with Gasteiger partial charge in [-0.3, -0.25) is 9.59 Å². The molecule has 0 aromatic heterocycles. The van der Waals surface area contributed by atoms with Crippen molar-refractivity contribution in [3.05, 3.63) is 0 Å². The summed E-state index contributed by atoms with van der Waals surface area (Å²) in [4.78, 5) is 67.8. The van der Waals surface area contributed by atoms with E-state index in [2.05, 4.69) is 23.3 Å². The number of carbonyl (C=O) groups excluding carboxylic acids is 6. The maximum Gasteiger partial charge on any atom is 2.00 e. The van der Waals surface area contributed by atoms with Gasteiger partial charge in [-0.25, -0.2) is 9.59 Å². The van der Waals surface area contributed by atoms with Crippen LogP contribution >= 0.6 is 0 Å². The number of hydrogen-bond donors (Lipinski definition) is 0. The molecule has 0 aliphatic heterocycles. The minimum Gasteiger partial charge on any atom is -0.546 e. The molecule has 0 rings (SSSR count). The van der Waals surface area contributed by atoms with E-state index in [1.165, 1.54) is 182 Å². The molecule has 4 unspecified atom stereocenters. The molecule has 0 aliphatic rings. The van der Waals surface area contributed by atoms with E-state index >= 15 is 0 Å². The monoisotopic (exact) mass is 919 g/mol. The molecular weight excluding hydrogens is 834 g/mol. The Morgan fingerprint density at radius 1 is 0.328 bits per heavy atom. The molecule has 0 aromatic carbocycles. The topological polar surface area (TPSA) is 185 Å². The van der Waals surface area contributed by atoms with E-state index in [0.717, 1.165) is 38.5 Å². The smallest absolute Gasteiger partial charge is 0.546 e. The molecular formula is C48H86O12Zn. The molecule has 0 saturated carbocycles. The van der Waals surface area contributed by atoms with Gasteiger partial charge >= 0.3 is 43.4 Å². The van der Waals surface area contributed by atoms with Crippen LogP contribution in [0.5, 0.6) is 0 Å². The fourth-order valence-corrected chi connectivity index (χ4v) is 6.53. The second-order valence-electron chi connectivity index (χ2n) is 16.5. The zero-order valence-corrected chi connectivity index (χ0v) is 42.5. The van der Waals surface area contributed by atoms with Gasteiger partial charge in [0.25, 0.3) is 0 Å². The number of ether oxygens (including phenoxy) is 4. The number of carboxylic acid groups (broad SMARTS) is 2. The first kappa shape index (κ1) is 62.7. The third-order valence-electron chi connectivity index (χ3n) is 10.5. The number of hydrogen-bond acceptors (Lipinski definition) is 12. The van der Waals surface area contributed by atoms with Crippen LogP contribution in [0, 0.1) is 0 Å². The first-order valence-electron chi connectivity index (χ1n) is 24.0. The third kappa shape index (κ3) is 43.9. The van der Waals surface area contributed by atoms with Crippen LogP contribution < -0.4 is 10.2 Å². The van der Waals surface area contributed by atoms with Crippen LogP contribution in [-0.4, -0.2) is 60.2 Å². The minimum atomic E-state index is -1.49.